The van der Waals surface area contributed by atoms with E-state index in [9.17, 15) is 4.79 Å². The van der Waals surface area contributed by atoms with Crippen LogP contribution in [-0.4, -0.2) is 5.78 Å². The van der Waals surface area contributed by atoms with Crippen LogP contribution in [0.2, 0.25) is 0 Å². The van der Waals surface area contributed by atoms with E-state index in [1.54, 1.807) is 6.92 Å². The molecule has 2 aliphatic carbocycles. The molecule has 62 valence electrons. The Morgan fingerprint density at radius 2 is 2.18 bits per heavy atom. The quantitative estimate of drug-likeness (QED) is 0.593. The molecule has 0 radical (unpaired) electrons. The number of ketones is 1. The van der Waals surface area contributed by atoms with Gasteiger partial charge < -0.3 is 4.79 Å². The van der Waals surface area contributed by atoms with Crippen molar-refractivity contribution in [3.05, 3.63) is 0 Å². The zero-order chi connectivity index (χ0) is 7.84. The Balaban J connectivity index is 1.92. The fourth-order valence-electron chi connectivity index (χ4n) is 3.00. The number of rotatable bonds is 2. The second-order valence-corrected chi connectivity index (χ2v) is 4.34. The molecule has 1 heteroatoms. The van der Waals surface area contributed by atoms with Gasteiger partial charge in [-0.1, -0.05) is 6.42 Å². The molecular weight excluding hydrogens is 136 g/mol. The SMILES string of the molecule is CC(=O)CC1CC2CCC1C2. The highest BCUT2D eigenvalue weighted by atomic mass is 16.1. The maximum atomic E-state index is 10.9. The van der Waals surface area contributed by atoms with Crippen LogP contribution in [0.4, 0.5) is 0 Å². The molecule has 2 bridgehead atoms. The van der Waals surface area contributed by atoms with E-state index in [2.05, 4.69) is 0 Å². The molecule has 0 aromatic heterocycles. The second kappa shape index (κ2) is 2.62. The molecule has 0 aromatic rings. The van der Waals surface area contributed by atoms with Crippen LogP contribution in [0.25, 0.3) is 0 Å². The third-order valence-corrected chi connectivity index (χ3v) is 3.43. The highest BCUT2D eigenvalue weighted by molar-refractivity contribution is 5.75. The average molecular weight is 152 g/mol. The molecule has 0 heterocycles. The van der Waals surface area contributed by atoms with E-state index in [0.29, 0.717) is 5.78 Å². The normalized spacial score (nSPS) is 41.4. The van der Waals surface area contributed by atoms with Gasteiger partial charge in [-0.05, 0) is 43.9 Å². The molecule has 0 spiro atoms. The number of hydrogen-bond acceptors (Lipinski definition) is 1. The van der Waals surface area contributed by atoms with E-state index in [4.69, 9.17) is 0 Å². The van der Waals surface area contributed by atoms with Crippen molar-refractivity contribution in [3.63, 3.8) is 0 Å². The summed E-state index contributed by atoms with van der Waals surface area (Å²) in [7, 11) is 0. The first-order valence-electron chi connectivity index (χ1n) is 4.75. The lowest BCUT2D eigenvalue weighted by Gasteiger charge is -2.19. The molecule has 3 unspecified atom stereocenters. The lowest BCUT2D eigenvalue weighted by molar-refractivity contribution is -0.118. The van der Waals surface area contributed by atoms with E-state index < -0.39 is 0 Å². The summed E-state index contributed by atoms with van der Waals surface area (Å²) in [5.74, 6) is 3.07. The van der Waals surface area contributed by atoms with E-state index >= 15 is 0 Å². The predicted molar refractivity (Wildman–Crippen MR) is 44.2 cm³/mol. The molecule has 0 saturated heterocycles. The Morgan fingerprint density at radius 1 is 1.36 bits per heavy atom. The highest BCUT2D eigenvalue weighted by Gasteiger charge is 2.39. The number of carbonyl (C=O) groups excluding carboxylic acids is 1. The molecule has 11 heavy (non-hydrogen) atoms. The van der Waals surface area contributed by atoms with Crippen molar-refractivity contribution in [1.82, 2.24) is 0 Å². The second-order valence-electron chi connectivity index (χ2n) is 4.34. The van der Waals surface area contributed by atoms with Gasteiger partial charge in [0.2, 0.25) is 0 Å². The van der Waals surface area contributed by atoms with Crippen molar-refractivity contribution in [1.29, 1.82) is 0 Å². The molecule has 1 nitrogen and oxygen atoms in total. The largest absolute Gasteiger partial charge is 0.300 e. The van der Waals surface area contributed by atoms with Gasteiger partial charge in [-0.3, -0.25) is 0 Å². The van der Waals surface area contributed by atoms with Crippen molar-refractivity contribution in [3.8, 4) is 0 Å². The fourth-order valence-corrected chi connectivity index (χ4v) is 3.00. The summed E-state index contributed by atoms with van der Waals surface area (Å²) in [6.07, 6.45) is 6.49. The Morgan fingerprint density at radius 3 is 2.64 bits per heavy atom. The standard InChI is InChI=1S/C10H16O/c1-7(11)4-10-6-8-2-3-9(10)5-8/h8-10H,2-6H2,1H3. The Kier molecular flexibility index (Phi) is 1.74. The minimum Gasteiger partial charge on any atom is -0.300 e. The molecule has 0 aliphatic heterocycles. The van der Waals surface area contributed by atoms with Crippen LogP contribution in [0.1, 0.15) is 39.0 Å². The number of carbonyl (C=O) groups is 1. The van der Waals surface area contributed by atoms with Crippen LogP contribution >= 0.6 is 0 Å². The molecule has 2 rings (SSSR count). The first-order valence-corrected chi connectivity index (χ1v) is 4.75. The van der Waals surface area contributed by atoms with Crippen molar-refractivity contribution < 1.29 is 4.79 Å². The lowest BCUT2D eigenvalue weighted by atomic mass is 9.85. The Labute approximate surface area is 68.2 Å². The average Bonchev–Trinajstić information content (AvgIpc) is 2.45. The van der Waals surface area contributed by atoms with Gasteiger partial charge in [-0.2, -0.15) is 0 Å². The van der Waals surface area contributed by atoms with Gasteiger partial charge in [0.15, 0.2) is 0 Å². The van der Waals surface area contributed by atoms with Gasteiger partial charge in [0.05, 0.1) is 0 Å². The zero-order valence-electron chi connectivity index (χ0n) is 7.18. The van der Waals surface area contributed by atoms with Gasteiger partial charge in [0.1, 0.15) is 5.78 Å². The summed E-state index contributed by atoms with van der Waals surface area (Å²) in [5, 5.41) is 0. The van der Waals surface area contributed by atoms with Crippen molar-refractivity contribution >= 4 is 5.78 Å². The zero-order valence-corrected chi connectivity index (χ0v) is 7.18. The molecule has 2 aliphatic rings. The fraction of sp³-hybridized carbons (Fsp3) is 0.900. The maximum absolute atomic E-state index is 10.9. The number of fused-ring (bicyclic) bond motifs is 2. The summed E-state index contributed by atoms with van der Waals surface area (Å²) in [6.45, 7) is 1.73. The van der Waals surface area contributed by atoms with Crippen LogP contribution in [0.15, 0.2) is 0 Å². The smallest absolute Gasteiger partial charge is 0.130 e. The highest BCUT2D eigenvalue weighted by Crippen LogP contribution is 2.49. The van der Waals surface area contributed by atoms with E-state index in [-0.39, 0.29) is 0 Å². The third kappa shape index (κ3) is 1.33. The van der Waals surface area contributed by atoms with E-state index in [0.717, 1.165) is 24.2 Å². The molecule has 0 N–H and O–H groups in total. The Hall–Kier alpha value is -0.330. The van der Waals surface area contributed by atoms with Crippen LogP contribution in [0.5, 0.6) is 0 Å². The van der Waals surface area contributed by atoms with Crippen LogP contribution in [0.3, 0.4) is 0 Å². The topological polar surface area (TPSA) is 17.1 Å². The third-order valence-electron chi connectivity index (χ3n) is 3.43. The van der Waals surface area contributed by atoms with Gasteiger partial charge in [-0.25, -0.2) is 0 Å². The summed E-state index contributed by atoms with van der Waals surface area (Å²) in [4.78, 5) is 10.9. The molecular formula is C10H16O. The molecule has 2 saturated carbocycles. The Bertz CT molecular complexity index is 174. The van der Waals surface area contributed by atoms with Crippen molar-refractivity contribution in [2.45, 2.75) is 39.0 Å². The number of hydrogen-bond donors (Lipinski definition) is 0. The summed E-state index contributed by atoms with van der Waals surface area (Å²) in [5.41, 5.74) is 0. The molecule has 0 amide bonds. The summed E-state index contributed by atoms with van der Waals surface area (Å²) in [6, 6.07) is 0. The van der Waals surface area contributed by atoms with Crippen LogP contribution in [-0.2, 0) is 4.79 Å². The molecule has 3 atom stereocenters. The van der Waals surface area contributed by atoms with E-state index in [1.807, 2.05) is 0 Å². The van der Waals surface area contributed by atoms with Gasteiger partial charge in [0, 0.05) is 6.42 Å². The summed E-state index contributed by atoms with van der Waals surface area (Å²) >= 11 is 0. The monoisotopic (exact) mass is 152 g/mol. The minimum atomic E-state index is 0.391. The predicted octanol–water partition coefficient (Wildman–Crippen LogP) is 2.40. The lowest BCUT2D eigenvalue weighted by Crippen LogP contribution is -2.13. The summed E-state index contributed by atoms with van der Waals surface area (Å²) < 4.78 is 0. The van der Waals surface area contributed by atoms with Gasteiger partial charge in [-0.15, -0.1) is 0 Å². The van der Waals surface area contributed by atoms with Gasteiger partial charge in [0.25, 0.3) is 0 Å². The van der Waals surface area contributed by atoms with E-state index in [1.165, 1.54) is 25.7 Å². The van der Waals surface area contributed by atoms with Crippen LogP contribution in [0, 0.1) is 17.8 Å². The van der Waals surface area contributed by atoms with Crippen molar-refractivity contribution in [2.24, 2.45) is 17.8 Å². The molecule has 2 fully saturated rings. The molecule has 0 aromatic carbocycles. The van der Waals surface area contributed by atoms with Gasteiger partial charge >= 0.3 is 0 Å². The van der Waals surface area contributed by atoms with Crippen molar-refractivity contribution in [2.75, 3.05) is 0 Å². The first-order chi connectivity index (χ1) is 5.25. The van der Waals surface area contributed by atoms with Crippen LogP contribution < -0.4 is 0 Å². The first kappa shape index (κ1) is 7.33. The maximum Gasteiger partial charge on any atom is 0.130 e. The number of Topliss-reactive ketones (excluding diaryl/α,β-unsaturated/α-hetero) is 1. The minimum absolute atomic E-state index is 0.391.